The Morgan fingerprint density at radius 3 is 2.75 bits per heavy atom. The molecule has 0 aromatic carbocycles. The molecule has 64 valence electrons. The predicted octanol–water partition coefficient (Wildman–Crippen LogP) is 1.56. The lowest BCUT2D eigenvalue weighted by molar-refractivity contribution is -0.109. The van der Waals surface area contributed by atoms with Crippen LogP contribution in [-0.2, 0) is 10.5 Å². The van der Waals surface area contributed by atoms with Crippen molar-refractivity contribution in [2.45, 2.75) is 19.6 Å². The van der Waals surface area contributed by atoms with E-state index in [1.807, 2.05) is 6.92 Å². The zero-order chi connectivity index (χ0) is 8.97. The third kappa shape index (κ3) is 2.62. The molecule has 0 N–H and O–H groups in total. The molecule has 0 atom stereocenters. The molecule has 1 rings (SSSR count). The Balaban J connectivity index is 2.63. The normalized spacial score (nSPS) is 9.83. The molecule has 0 aliphatic carbocycles. The second-order valence-electron chi connectivity index (χ2n) is 2.37. The van der Waals surface area contributed by atoms with E-state index in [9.17, 15) is 4.79 Å². The van der Waals surface area contributed by atoms with Crippen LogP contribution in [0.5, 0.6) is 0 Å². The maximum absolute atomic E-state index is 10.6. The van der Waals surface area contributed by atoms with Gasteiger partial charge in [0.05, 0.1) is 11.4 Å². The SMILES string of the molecule is CC(=O)SCc1nccnc1C. The van der Waals surface area contributed by atoms with E-state index in [0.29, 0.717) is 5.75 Å². The summed E-state index contributed by atoms with van der Waals surface area (Å²) in [5.41, 5.74) is 1.78. The number of aryl methyl sites for hydroxylation is 1. The minimum atomic E-state index is 0.111. The van der Waals surface area contributed by atoms with Crippen molar-refractivity contribution in [1.82, 2.24) is 9.97 Å². The van der Waals surface area contributed by atoms with Crippen LogP contribution in [-0.4, -0.2) is 15.1 Å². The van der Waals surface area contributed by atoms with Crippen molar-refractivity contribution in [2.24, 2.45) is 0 Å². The summed E-state index contributed by atoms with van der Waals surface area (Å²) in [6.45, 7) is 3.44. The monoisotopic (exact) mass is 182 g/mol. The van der Waals surface area contributed by atoms with Gasteiger partial charge in [0.2, 0.25) is 0 Å². The molecule has 0 amide bonds. The highest BCUT2D eigenvalue weighted by atomic mass is 32.2. The molecule has 0 saturated carbocycles. The van der Waals surface area contributed by atoms with Gasteiger partial charge in [0, 0.05) is 25.1 Å². The third-order valence-corrected chi connectivity index (χ3v) is 2.22. The Kier molecular flexibility index (Phi) is 3.22. The maximum atomic E-state index is 10.6. The van der Waals surface area contributed by atoms with Crippen LogP contribution in [0.1, 0.15) is 18.3 Å². The first kappa shape index (κ1) is 9.19. The number of hydrogen-bond donors (Lipinski definition) is 0. The zero-order valence-corrected chi connectivity index (χ0v) is 7.89. The predicted molar refractivity (Wildman–Crippen MR) is 48.7 cm³/mol. The molecular weight excluding hydrogens is 172 g/mol. The van der Waals surface area contributed by atoms with E-state index < -0.39 is 0 Å². The standard InChI is InChI=1S/C8H10N2OS/c1-6-8(5-12-7(2)11)10-4-3-9-6/h3-4H,5H2,1-2H3. The van der Waals surface area contributed by atoms with Crippen LogP contribution in [0.15, 0.2) is 12.4 Å². The summed E-state index contributed by atoms with van der Waals surface area (Å²) in [6.07, 6.45) is 3.29. The molecule has 0 aliphatic rings. The molecule has 1 aromatic heterocycles. The lowest BCUT2D eigenvalue weighted by Crippen LogP contribution is -1.95. The Morgan fingerprint density at radius 2 is 2.17 bits per heavy atom. The highest BCUT2D eigenvalue weighted by Crippen LogP contribution is 2.11. The average Bonchev–Trinajstić information content (AvgIpc) is 2.03. The van der Waals surface area contributed by atoms with Gasteiger partial charge in [0.25, 0.3) is 0 Å². The van der Waals surface area contributed by atoms with Gasteiger partial charge in [0.1, 0.15) is 0 Å². The molecule has 0 saturated heterocycles. The van der Waals surface area contributed by atoms with Gasteiger partial charge in [0.15, 0.2) is 5.12 Å². The lowest BCUT2D eigenvalue weighted by Gasteiger charge is -1.99. The van der Waals surface area contributed by atoms with Crippen LogP contribution in [0, 0.1) is 6.92 Å². The van der Waals surface area contributed by atoms with Crippen LogP contribution in [0.3, 0.4) is 0 Å². The minimum Gasteiger partial charge on any atom is -0.288 e. The summed E-state index contributed by atoms with van der Waals surface area (Å²) in [5.74, 6) is 0.620. The van der Waals surface area contributed by atoms with Crippen molar-refractivity contribution >= 4 is 16.9 Å². The topological polar surface area (TPSA) is 42.9 Å². The summed E-state index contributed by atoms with van der Waals surface area (Å²) < 4.78 is 0. The summed E-state index contributed by atoms with van der Waals surface area (Å²) in [5, 5.41) is 0.111. The van der Waals surface area contributed by atoms with Crippen molar-refractivity contribution in [3.05, 3.63) is 23.8 Å². The first-order valence-corrected chi connectivity index (χ1v) is 4.58. The number of carbonyl (C=O) groups is 1. The fraction of sp³-hybridized carbons (Fsp3) is 0.375. The van der Waals surface area contributed by atoms with Crippen LogP contribution in [0.25, 0.3) is 0 Å². The number of hydrogen-bond acceptors (Lipinski definition) is 4. The van der Waals surface area contributed by atoms with E-state index in [-0.39, 0.29) is 5.12 Å². The molecule has 0 unspecified atom stereocenters. The highest BCUT2D eigenvalue weighted by molar-refractivity contribution is 8.12. The quantitative estimate of drug-likeness (QED) is 0.696. The third-order valence-electron chi connectivity index (χ3n) is 1.40. The van der Waals surface area contributed by atoms with E-state index >= 15 is 0 Å². The van der Waals surface area contributed by atoms with Gasteiger partial charge < -0.3 is 0 Å². The van der Waals surface area contributed by atoms with Crippen molar-refractivity contribution in [3.8, 4) is 0 Å². The van der Waals surface area contributed by atoms with E-state index in [0.717, 1.165) is 11.4 Å². The summed E-state index contributed by atoms with van der Waals surface area (Å²) in [4.78, 5) is 18.8. The molecule has 1 aromatic rings. The molecule has 0 fully saturated rings. The molecule has 1 heterocycles. The van der Waals surface area contributed by atoms with Crippen LogP contribution < -0.4 is 0 Å². The molecule has 0 bridgehead atoms. The first-order valence-electron chi connectivity index (χ1n) is 3.60. The average molecular weight is 182 g/mol. The van der Waals surface area contributed by atoms with Gasteiger partial charge >= 0.3 is 0 Å². The molecular formula is C8H10N2OS. The molecule has 0 aliphatic heterocycles. The fourth-order valence-electron chi connectivity index (χ4n) is 0.748. The number of thioether (sulfide) groups is 1. The Hall–Kier alpha value is -0.900. The van der Waals surface area contributed by atoms with Crippen LogP contribution in [0.4, 0.5) is 0 Å². The van der Waals surface area contributed by atoms with Crippen molar-refractivity contribution < 1.29 is 4.79 Å². The van der Waals surface area contributed by atoms with E-state index in [1.54, 1.807) is 19.3 Å². The zero-order valence-electron chi connectivity index (χ0n) is 7.07. The van der Waals surface area contributed by atoms with Crippen LogP contribution >= 0.6 is 11.8 Å². The maximum Gasteiger partial charge on any atom is 0.186 e. The van der Waals surface area contributed by atoms with E-state index in [4.69, 9.17) is 0 Å². The number of rotatable bonds is 2. The van der Waals surface area contributed by atoms with Crippen molar-refractivity contribution in [2.75, 3.05) is 0 Å². The second-order valence-corrected chi connectivity index (χ2v) is 3.52. The number of carbonyl (C=O) groups excluding carboxylic acids is 1. The molecule has 0 spiro atoms. The minimum absolute atomic E-state index is 0.111. The number of nitrogens with zero attached hydrogens (tertiary/aromatic N) is 2. The van der Waals surface area contributed by atoms with Crippen molar-refractivity contribution in [3.63, 3.8) is 0 Å². The van der Waals surface area contributed by atoms with Gasteiger partial charge in [-0.2, -0.15) is 0 Å². The lowest BCUT2D eigenvalue weighted by atomic mass is 10.4. The Labute approximate surface area is 75.6 Å². The van der Waals surface area contributed by atoms with Gasteiger partial charge in [-0.25, -0.2) is 0 Å². The number of aromatic nitrogens is 2. The molecule has 0 radical (unpaired) electrons. The Bertz CT molecular complexity index is 288. The second kappa shape index (κ2) is 4.21. The first-order chi connectivity index (χ1) is 5.70. The fourth-order valence-corrected chi connectivity index (χ4v) is 1.37. The van der Waals surface area contributed by atoms with E-state index in [1.165, 1.54) is 11.8 Å². The summed E-state index contributed by atoms with van der Waals surface area (Å²) >= 11 is 1.26. The molecule has 12 heavy (non-hydrogen) atoms. The summed E-state index contributed by atoms with van der Waals surface area (Å²) in [6, 6.07) is 0. The largest absolute Gasteiger partial charge is 0.288 e. The van der Waals surface area contributed by atoms with Crippen LogP contribution in [0.2, 0.25) is 0 Å². The molecule has 4 heteroatoms. The van der Waals surface area contributed by atoms with Gasteiger partial charge in [-0.1, -0.05) is 11.8 Å². The van der Waals surface area contributed by atoms with Gasteiger partial charge in [-0.05, 0) is 6.92 Å². The van der Waals surface area contributed by atoms with E-state index in [2.05, 4.69) is 9.97 Å². The van der Waals surface area contributed by atoms with Crippen molar-refractivity contribution in [1.29, 1.82) is 0 Å². The Morgan fingerprint density at radius 1 is 1.50 bits per heavy atom. The van der Waals surface area contributed by atoms with Gasteiger partial charge in [-0.3, -0.25) is 14.8 Å². The summed E-state index contributed by atoms with van der Waals surface area (Å²) in [7, 11) is 0. The highest BCUT2D eigenvalue weighted by Gasteiger charge is 2.01. The smallest absolute Gasteiger partial charge is 0.186 e. The molecule has 3 nitrogen and oxygen atoms in total. The van der Waals surface area contributed by atoms with Gasteiger partial charge in [-0.15, -0.1) is 0 Å².